The summed E-state index contributed by atoms with van der Waals surface area (Å²) in [5.74, 6) is 0. The topological polar surface area (TPSA) is 20.2 Å². The van der Waals surface area contributed by atoms with Crippen LogP contribution in [0, 0.1) is 0 Å². The van der Waals surface area contributed by atoms with Gasteiger partial charge in [-0.15, -0.1) is 0 Å². The first kappa shape index (κ1) is 10.9. The average Bonchev–Trinajstić information content (AvgIpc) is 1.86. The molecule has 0 fully saturated rings. The van der Waals surface area contributed by atoms with Gasteiger partial charge in [-0.25, -0.2) is 0 Å². The molecule has 0 saturated carbocycles. The van der Waals surface area contributed by atoms with Crippen molar-refractivity contribution in [3.05, 3.63) is 11.3 Å². The molecule has 0 saturated heterocycles. The molecule has 0 radical (unpaired) electrons. The SMILES string of the molecule is C/C=C(/C(O)CC)[Si](C)(C)C. The molecule has 0 aliphatic heterocycles. The fraction of sp³-hybridized carbons (Fsp3) is 0.778. The molecule has 66 valence electrons. The molecule has 0 amide bonds. The molecule has 0 aromatic heterocycles. The van der Waals surface area contributed by atoms with Gasteiger partial charge in [0.1, 0.15) is 0 Å². The highest BCUT2D eigenvalue weighted by Crippen LogP contribution is 2.19. The second-order valence-electron chi connectivity index (χ2n) is 3.92. The maximum absolute atomic E-state index is 9.62. The van der Waals surface area contributed by atoms with Gasteiger partial charge in [0.15, 0.2) is 0 Å². The quantitative estimate of drug-likeness (QED) is 0.649. The van der Waals surface area contributed by atoms with E-state index in [0.717, 1.165) is 6.42 Å². The standard InChI is InChI=1S/C9H20OSi/c1-6-8(10)9(7-2)11(3,4)5/h7-8,10H,6H2,1-5H3/b9-7-. The summed E-state index contributed by atoms with van der Waals surface area (Å²) in [6, 6.07) is 0. The van der Waals surface area contributed by atoms with Crippen molar-refractivity contribution in [3.63, 3.8) is 0 Å². The van der Waals surface area contributed by atoms with Crippen LogP contribution in [-0.4, -0.2) is 19.3 Å². The van der Waals surface area contributed by atoms with E-state index in [2.05, 4.69) is 25.7 Å². The van der Waals surface area contributed by atoms with Crippen LogP contribution in [0.1, 0.15) is 20.3 Å². The van der Waals surface area contributed by atoms with Crippen LogP contribution >= 0.6 is 0 Å². The van der Waals surface area contributed by atoms with Gasteiger partial charge in [0, 0.05) is 0 Å². The van der Waals surface area contributed by atoms with E-state index in [0.29, 0.717) is 0 Å². The highest BCUT2D eigenvalue weighted by atomic mass is 28.3. The van der Waals surface area contributed by atoms with Crippen LogP contribution in [0.5, 0.6) is 0 Å². The van der Waals surface area contributed by atoms with Crippen molar-refractivity contribution in [2.45, 2.75) is 46.0 Å². The molecule has 0 bridgehead atoms. The number of allylic oxidation sites excluding steroid dienone is 1. The lowest BCUT2D eigenvalue weighted by atomic mass is 10.2. The normalized spacial score (nSPS) is 16.7. The number of aliphatic hydroxyl groups excluding tert-OH is 1. The minimum absolute atomic E-state index is 0.202. The van der Waals surface area contributed by atoms with Crippen LogP contribution in [0.4, 0.5) is 0 Å². The molecule has 1 unspecified atom stereocenters. The van der Waals surface area contributed by atoms with Gasteiger partial charge in [-0.3, -0.25) is 0 Å². The summed E-state index contributed by atoms with van der Waals surface area (Å²) >= 11 is 0. The smallest absolute Gasteiger partial charge is 0.0753 e. The second-order valence-corrected chi connectivity index (χ2v) is 9.00. The zero-order valence-electron chi connectivity index (χ0n) is 8.31. The van der Waals surface area contributed by atoms with E-state index in [4.69, 9.17) is 0 Å². The van der Waals surface area contributed by atoms with Crippen molar-refractivity contribution < 1.29 is 5.11 Å². The molecule has 1 atom stereocenters. The Kier molecular flexibility index (Phi) is 4.04. The molecule has 1 N–H and O–H groups in total. The molecule has 11 heavy (non-hydrogen) atoms. The predicted molar refractivity (Wildman–Crippen MR) is 53.4 cm³/mol. The van der Waals surface area contributed by atoms with Gasteiger partial charge < -0.3 is 5.11 Å². The average molecular weight is 172 g/mol. The molecular formula is C9H20OSi. The van der Waals surface area contributed by atoms with E-state index in [9.17, 15) is 5.11 Å². The Balaban J connectivity index is 4.44. The fourth-order valence-corrected chi connectivity index (χ4v) is 3.41. The Hall–Kier alpha value is -0.0831. The van der Waals surface area contributed by atoms with Crippen LogP contribution in [0.3, 0.4) is 0 Å². The van der Waals surface area contributed by atoms with Gasteiger partial charge >= 0.3 is 0 Å². The Morgan fingerprint density at radius 3 is 2.00 bits per heavy atom. The van der Waals surface area contributed by atoms with Crippen molar-refractivity contribution in [1.82, 2.24) is 0 Å². The highest BCUT2D eigenvalue weighted by Gasteiger charge is 2.23. The monoisotopic (exact) mass is 172 g/mol. The fourth-order valence-electron chi connectivity index (χ4n) is 1.35. The zero-order chi connectivity index (χ0) is 9.07. The van der Waals surface area contributed by atoms with E-state index >= 15 is 0 Å². The van der Waals surface area contributed by atoms with Crippen LogP contribution in [0.25, 0.3) is 0 Å². The number of hydrogen-bond donors (Lipinski definition) is 1. The van der Waals surface area contributed by atoms with Gasteiger partial charge in [0.05, 0.1) is 14.2 Å². The van der Waals surface area contributed by atoms with Gasteiger partial charge in [-0.2, -0.15) is 0 Å². The van der Waals surface area contributed by atoms with Gasteiger partial charge in [0.25, 0.3) is 0 Å². The summed E-state index contributed by atoms with van der Waals surface area (Å²) in [6.07, 6.45) is 2.72. The Morgan fingerprint density at radius 1 is 1.45 bits per heavy atom. The summed E-state index contributed by atoms with van der Waals surface area (Å²) in [7, 11) is -1.26. The maximum atomic E-state index is 9.62. The van der Waals surface area contributed by atoms with Gasteiger partial charge in [0.2, 0.25) is 0 Å². The van der Waals surface area contributed by atoms with E-state index < -0.39 is 8.07 Å². The molecule has 0 aliphatic rings. The van der Waals surface area contributed by atoms with E-state index in [1.54, 1.807) is 0 Å². The van der Waals surface area contributed by atoms with Crippen LogP contribution in [0.2, 0.25) is 19.6 Å². The third-order valence-electron chi connectivity index (χ3n) is 1.92. The third-order valence-corrected chi connectivity index (χ3v) is 4.28. The van der Waals surface area contributed by atoms with E-state index in [1.165, 1.54) is 5.20 Å². The summed E-state index contributed by atoms with van der Waals surface area (Å²) in [5, 5.41) is 10.9. The predicted octanol–water partition coefficient (Wildman–Crippen LogP) is 2.58. The molecule has 0 spiro atoms. The number of aliphatic hydroxyl groups is 1. The van der Waals surface area contributed by atoms with Crippen molar-refractivity contribution >= 4 is 8.07 Å². The minimum Gasteiger partial charge on any atom is -0.389 e. The van der Waals surface area contributed by atoms with E-state index in [-0.39, 0.29) is 6.10 Å². The van der Waals surface area contributed by atoms with Crippen molar-refractivity contribution in [2.24, 2.45) is 0 Å². The first-order valence-corrected chi connectivity index (χ1v) is 7.78. The van der Waals surface area contributed by atoms with Crippen LogP contribution in [0.15, 0.2) is 11.3 Å². The maximum Gasteiger partial charge on any atom is 0.0753 e. The molecule has 0 rings (SSSR count). The molecule has 0 heterocycles. The highest BCUT2D eigenvalue weighted by molar-refractivity contribution is 6.83. The Bertz CT molecular complexity index is 144. The van der Waals surface area contributed by atoms with Crippen molar-refractivity contribution in [2.75, 3.05) is 0 Å². The molecule has 1 nitrogen and oxygen atoms in total. The van der Waals surface area contributed by atoms with Gasteiger partial charge in [-0.1, -0.05) is 37.8 Å². The lowest BCUT2D eigenvalue weighted by Gasteiger charge is -2.24. The van der Waals surface area contributed by atoms with Crippen LogP contribution in [-0.2, 0) is 0 Å². The Labute approximate surface area is 71.1 Å². The van der Waals surface area contributed by atoms with Crippen molar-refractivity contribution in [3.8, 4) is 0 Å². The first-order chi connectivity index (χ1) is 4.93. The zero-order valence-corrected chi connectivity index (χ0v) is 9.31. The summed E-state index contributed by atoms with van der Waals surface area (Å²) in [6.45, 7) is 10.8. The lowest BCUT2D eigenvalue weighted by molar-refractivity contribution is 0.213. The second kappa shape index (κ2) is 4.07. The Morgan fingerprint density at radius 2 is 1.91 bits per heavy atom. The molecular weight excluding hydrogens is 152 g/mol. The summed E-state index contributed by atoms with van der Waals surface area (Å²) in [5.41, 5.74) is 0. The van der Waals surface area contributed by atoms with Crippen LogP contribution < -0.4 is 0 Å². The lowest BCUT2D eigenvalue weighted by Crippen LogP contribution is -2.31. The van der Waals surface area contributed by atoms with Crippen molar-refractivity contribution in [1.29, 1.82) is 0 Å². The van der Waals surface area contributed by atoms with Gasteiger partial charge in [-0.05, 0) is 13.3 Å². The molecule has 0 aromatic carbocycles. The summed E-state index contributed by atoms with van der Waals surface area (Å²) < 4.78 is 0. The molecule has 0 aliphatic carbocycles. The third kappa shape index (κ3) is 3.21. The molecule has 0 aromatic rings. The van der Waals surface area contributed by atoms with E-state index in [1.807, 2.05) is 13.8 Å². The first-order valence-electron chi connectivity index (χ1n) is 4.28. The molecule has 2 heteroatoms. The number of hydrogen-bond acceptors (Lipinski definition) is 1. The largest absolute Gasteiger partial charge is 0.389 e. The minimum atomic E-state index is -1.26. The number of rotatable bonds is 3. The summed E-state index contributed by atoms with van der Waals surface area (Å²) in [4.78, 5) is 0.